The number of benzene rings is 1. The third kappa shape index (κ3) is 3.59. The van der Waals surface area contributed by atoms with Crippen LogP contribution < -0.4 is 11.3 Å². The van der Waals surface area contributed by atoms with E-state index >= 15 is 0 Å². The lowest BCUT2D eigenvalue weighted by Gasteiger charge is -2.07. The zero-order valence-electron chi connectivity index (χ0n) is 10.7. The summed E-state index contributed by atoms with van der Waals surface area (Å²) in [6.07, 6.45) is 1.54. The van der Waals surface area contributed by atoms with Crippen molar-refractivity contribution in [2.45, 2.75) is 29.7 Å². The van der Waals surface area contributed by atoms with Crippen LogP contribution in [0.3, 0.4) is 0 Å². The molecule has 4 nitrogen and oxygen atoms in total. The smallest absolute Gasteiger partial charge is 0.238 e. The van der Waals surface area contributed by atoms with E-state index in [4.69, 9.17) is 17.4 Å². The maximum Gasteiger partial charge on any atom is 0.238 e. The van der Waals surface area contributed by atoms with Gasteiger partial charge >= 0.3 is 0 Å². The van der Waals surface area contributed by atoms with Gasteiger partial charge in [0.1, 0.15) is 5.03 Å². The van der Waals surface area contributed by atoms with Gasteiger partial charge < -0.3 is 0 Å². The largest absolute Gasteiger partial charge is 0.292 e. The first-order valence-corrected chi connectivity index (χ1v) is 7.06. The molecular formula is C13H15ClN4S. The van der Waals surface area contributed by atoms with Crippen molar-refractivity contribution in [2.75, 3.05) is 5.43 Å². The Hall–Kier alpha value is -1.30. The molecular weight excluding hydrogens is 280 g/mol. The fraction of sp³-hybridized carbons (Fsp3) is 0.231. The van der Waals surface area contributed by atoms with Crippen LogP contribution >= 0.6 is 23.4 Å². The second kappa shape index (κ2) is 6.23. The summed E-state index contributed by atoms with van der Waals surface area (Å²) in [6.45, 7) is 4.34. The molecule has 0 bridgehead atoms. The zero-order chi connectivity index (χ0) is 13.8. The minimum atomic E-state index is 0.353. The molecule has 1 aromatic heterocycles. The van der Waals surface area contributed by atoms with Crippen molar-refractivity contribution in [1.29, 1.82) is 0 Å². The lowest BCUT2D eigenvalue weighted by molar-refractivity contribution is 0.865. The third-order valence-corrected chi connectivity index (χ3v) is 4.00. The Morgan fingerprint density at radius 2 is 1.95 bits per heavy atom. The molecule has 3 N–H and O–H groups in total. The van der Waals surface area contributed by atoms with E-state index in [1.54, 1.807) is 0 Å². The number of hydrazine groups is 1. The zero-order valence-corrected chi connectivity index (χ0v) is 12.3. The van der Waals surface area contributed by atoms with Gasteiger partial charge in [0.05, 0.1) is 11.2 Å². The van der Waals surface area contributed by atoms with Gasteiger partial charge in [-0.2, -0.15) is 0 Å². The van der Waals surface area contributed by atoms with Crippen molar-refractivity contribution in [2.24, 2.45) is 5.84 Å². The van der Waals surface area contributed by atoms with Crippen LogP contribution in [0.4, 0.5) is 5.95 Å². The van der Waals surface area contributed by atoms with Gasteiger partial charge in [-0.15, -0.1) is 0 Å². The van der Waals surface area contributed by atoms with E-state index in [0.29, 0.717) is 21.9 Å². The van der Waals surface area contributed by atoms with E-state index in [0.717, 1.165) is 4.90 Å². The van der Waals surface area contributed by atoms with Crippen molar-refractivity contribution in [3.8, 4) is 0 Å². The number of anilines is 1. The molecule has 0 aliphatic rings. The molecule has 19 heavy (non-hydrogen) atoms. The van der Waals surface area contributed by atoms with Crippen LogP contribution in [0.5, 0.6) is 0 Å². The molecule has 0 aliphatic heterocycles. The van der Waals surface area contributed by atoms with Crippen molar-refractivity contribution in [3.63, 3.8) is 0 Å². The summed E-state index contributed by atoms with van der Waals surface area (Å²) >= 11 is 7.56. The number of rotatable bonds is 4. The number of nitrogen functional groups attached to an aromatic ring is 1. The van der Waals surface area contributed by atoms with Gasteiger partial charge in [0.25, 0.3) is 0 Å². The summed E-state index contributed by atoms with van der Waals surface area (Å²) < 4.78 is 0. The molecule has 2 aromatic rings. The van der Waals surface area contributed by atoms with Crippen molar-refractivity contribution >= 4 is 29.3 Å². The molecule has 100 valence electrons. The highest BCUT2D eigenvalue weighted by Crippen LogP contribution is 2.32. The molecule has 0 spiro atoms. The average molecular weight is 295 g/mol. The summed E-state index contributed by atoms with van der Waals surface area (Å²) in [5, 5.41) is 1.19. The molecule has 0 fully saturated rings. The van der Waals surface area contributed by atoms with Crippen LogP contribution in [0.15, 0.2) is 40.4 Å². The van der Waals surface area contributed by atoms with Crippen LogP contribution in [-0.4, -0.2) is 9.97 Å². The second-order valence-corrected chi connectivity index (χ2v) is 5.79. The third-order valence-electron chi connectivity index (χ3n) is 2.60. The SMILES string of the molecule is CC(C)c1ccc(Sc2nc(NN)ncc2Cl)cc1. The van der Waals surface area contributed by atoms with E-state index in [1.807, 2.05) is 0 Å². The quantitative estimate of drug-likeness (QED) is 0.511. The Labute approximate surface area is 121 Å². The molecule has 1 aromatic carbocycles. The molecule has 2 rings (SSSR count). The Kier molecular flexibility index (Phi) is 4.63. The first kappa shape index (κ1) is 14.1. The molecule has 0 radical (unpaired) electrons. The minimum Gasteiger partial charge on any atom is -0.292 e. The first-order chi connectivity index (χ1) is 9.10. The second-order valence-electron chi connectivity index (χ2n) is 4.32. The molecule has 0 aliphatic carbocycles. The predicted octanol–water partition coefficient (Wildman–Crippen LogP) is 3.69. The molecule has 0 saturated carbocycles. The lowest BCUT2D eigenvalue weighted by atomic mass is 10.0. The van der Waals surface area contributed by atoms with Crippen LogP contribution in [0.1, 0.15) is 25.3 Å². The molecule has 0 atom stereocenters. The van der Waals surface area contributed by atoms with Gasteiger partial charge in [-0.25, -0.2) is 15.8 Å². The number of hydrogen-bond donors (Lipinski definition) is 2. The topological polar surface area (TPSA) is 63.8 Å². The van der Waals surface area contributed by atoms with E-state index < -0.39 is 0 Å². The Balaban J connectivity index is 2.20. The van der Waals surface area contributed by atoms with Crippen LogP contribution in [0.2, 0.25) is 5.02 Å². The highest BCUT2D eigenvalue weighted by molar-refractivity contribution is 7.99. The summed E-state index contributed by atoms with van der Waals surface area (Å²) in [7, 11) is 0. The molecule has 0 saturated heterocycles. The molecule has 0 amide bonds. The molecule has 0 unspecified atom stereocenters. The maximum absolute atomic E-state index is 6.07. The normalized spacial score (nSPS) is 10.8. The summed E-state index contributed by atoms with van der Waals surface area (Å²) in [5.41, 5.74) is 3.72. The number of halogens is 1. The monoisotopic (exact) mass is 294 g/mol. The number of nitrogens with one attached hydrogen (secondary N) is 1. The molecule has 1 heterocycles. The highest BCUT2D eigenvalue weighted by Gasteiger charge is 2.07. The van der Waals surface area contributed by atoms with Gasteiger partial charge in [-0.3, -0.25) is 5.43 Å². The van der Waals surface area contributed by atoms with Gasteiger partial charge in [0.15, 0.2) is 0 Å². The lowest BCUT2D eigenvalue weighted by Crippen LogP contribution is -2.10. The highest BCUT2D eigenvalue weighted by atomic mass is 35.5. The fourth-order valence-corrected chi connectivity index (χ4v) is 2.51. The number of nitrogens with zero attached hydrogens (tertiary/aromatic N) is 2. The van der Waals surface area contributed by atoms with Crippen LogP contribution in [0.25, 0.3) is 0 Å². The van der Waals surface area contributed by atoms with Gasteiger partial charge in [-0.05, 0) is 23.6 Å². The van der Waals surface area contributed by atoms with Gasteiger partial charge in [-0.1, -0.05) is 49.3 Å². The summed E-state index contributed by atoms with van der Waals surface area (Å²) in [6, 6.07) is 8.36. The van der Waals surface area contributed by atoms with Crippen molar-refractivity contribution in [3.05, 3.63) is 41.0 Å². The fourth-order valence-electron chi connectivity index (χ4n) is 1.53. The van der Waals surface area contributed by atoms with E-state index in [1.165, 1.54) is 23.5 Å². The average Bonchev–Trinajstić information content (AvgIpc) is 2.42. The van der Waals surface area contributed by atoms with E-state index in [9.17, 15) is 0 Å². The standard InChI is InChI=1S/C13H15ClN4S/c1-8(2)9-3-5-10(6-4-9)19-12-11(14)7-16-13(17-12)18-15/h3-8H,15H2,1-2H3,(H,16,17,18). The summed E-state index contributed by atoms with van der Waals surface area (Å²) in [4.78, 5) is 9.25. The first-order valence-electron chi connectivity index (χ1n) is 5.87. The predicted molar refractivity (Wildman–Crippen MR) is 79.5 cm³/mol. The summed E-state index contributed by atoms with van der Waals surface area (Å²) in [5.74, 6) is 6.16. The van der Waals surface area contributed by atoms with E-state index in [-0.39, 0.29) is 0 Å². The Bertz CT molecular complexity index is 557. The Morgan fingerprint density at radius 3 is 2.53 bits per heavy atom. The van der Waals surface area contributed by atoms with E-state index in [2.05, 4.69) is 53.5 Å². The van der Waals surface area contributed by atoms with Crippen molar-refractivity contribution in [1.82, 2.24) is 9.97 Å². The Morgan fingerprint density at radius 1 is 1.26 bits per heavy atom. The minimum absolute atomic E-state index is 0.353. The van der Waals surface area contributed by atoms with Gasteiger partial charge in [0, 0.05) is 4.90 Å². The van der Waals surface area contributed by atoms with Crippen LogP contribution in [-0.2, 0) is 0 Å². The van der Waals surface area contributed by atoms with Gasteiger partial charge in [0.2, 0.25) is 5.95 Å². The number of aromatic nitrogens is 2. The maximum atomic E-state index is 6.07. The number of nitrogens with two attached hydrogens (primary N) is 1. The number of hydrogen-bond acceptors (Lipinski definition) is 5. The van der Waals surface area contributed by atoms with Crippen LogP contribution in [0, 0.1) is 0 Å². The molecule has 6 heteroatoms. The van der Waals surface area contributed by atoms with Crippen molar-refractivity contribution < 1.29 is 0 Å².